The Balaban J connectivity index is 2.28. The van der Waals surface area contributed by atoms with Gasteiger partial charge in [0.25, 0.3) is 0 Å². The van der Waals surface area contributed by atoms with Crippen molar-refractivity contribution < 1.29 is 60.5 Å². The molecule has 2 unspecified atom stereocenters. The molecule has 0 aliphatic carbocycles. The van der Waals surface area contributed by atoms with Crippen LogP contribution >= 0.6 is 0 Å². The summed E-state index contributed by atoms with van der Waals surface area (Å²) in [5, 5.41) is 103. The summed E-state index contributed by atoms with van der Waals surface area (Å²) >= 11 is 0. The normalized spacial score (nSPS) is 53.2. The van der Waals surface area contributed by atoms with Crippen LogP contribution in [0.2, 0.25) is 0 Å². The molecule has 0 amide bonds. The van der Waals surface area contributed by atoms with Crippen molar-refractivity contribution in [3.8, 4) is 0 Å². The average molecular weight is 386 g/mol. The van der Waals surface area contributed by atoms with Gasteiger partial charge in [0.05, 0.1) is 13.2 Å². The Bertz CT molecular complexity index is 476. The fourth-order valence-corrected chi connectivity index (χ4v) is 2.58. The quantitative estimate of drug-likeness (QED) is 0.203. The number of aliphatic hydroxyl groups is 10. The van der Waals surface area contributed by atoms with E-state index in [9.17, 15) is 40.9 Å². The molecule has 2 aliphatic heterocycles. The average Bonchev–Trinajstić information content (AvgIpc) is 2.63. The van der Waals surface area contributed by atoms with Crippen molar-refractivity contribution in [1.82, 2.24) is 0 Å². The van der Waals surface area contributed by atoms with Crippen LogP contribution in [0.3, 0.4) is 0 Å². The van der Waals surface area contributed by atoms with Crippen molar-refractivity contribution in [3.63, 3.8) is 0 Å². The van der Waals surface area contributed by atoms with E-state index in [1.807, 2.05) is 0 Å². The number of nitrogens with zero attached hydrogens (tertiary/aromatic N) is 2. The summed E-state index contributed by atoms with van der Waals surface area (Å²) in [7, 11) is 0. The van der Waals surface area contributed by atoms with E-state index < -0.39 is 73.9 Å². The molecule has 26 heavy (non-hydrogen) atoms. The monoisotopic (exact) mass is 386 g/mol. The summed E-state index contributed by atoms with van der Waals surface area (Å²) in [6.07, 6.45) is -15.3. The second-order valence-electron chi connectivity index (χ2n) is 6.05. The lowest BCUT2D eigenvalue weighted by atomic mass is 9.96. The van der Waals surface area contributed by atoms with Crippen molar-refractivity contribution in [2.75, 3.05) is 13.2 Å². The Labute approximate surface area is 145 Å². The van der Waals surface area contributed by atoms with Gasteiger partial charge in [-0.2, -0.15) is 0 Å². The predicted octanol–water partition coefficient (Wildman–Crippen LogP) is -6.32. The zero-order valence-corrected chi connectivity index (χ0v) is 13.2. The van der Waals surface area contributed by atoms with Crippen LogP contribution in [0.25, 0.3) is 0 Å². The van der Waals surface area contributed by atoms with Crippen molar-refractivity contribution in [3.05, 3.63) is 0 Å². The van der Waals surface area contributed by atoms with Crippen LogP contribution in [0.4, 0.5) is 0 Å². The molecular formula is C12H22N2O12. The van der Waals surface area contributed by atoms with E-state index in [2.05, 4.69) is 10.2 Å². The maximum atomic E-state index is 10.2. The Kier molecular flexibility index (Phi) is 6.28. The van der Waals surface area contributed by atoms with Gasteiger partial charge in [-0.05, 0) is 0 Å². The molecule has 10 N–H and O–H groups in total. The number of ether oxygens (including phenoxy) is 2. The van der Waals surface area contributed by atoms with E-state index in [1.165, 1.54) is 0 Å². The molecule has 2 aliphatic rings. The summed E-state index contributed by atoms with van der Waals surface area (Å²) in [5.41, 5.74) is 0. The summed E-state index contributed by atoms with van der Waals surface area (Å²) < 4.78 is 9.53. The van der Waals surface area contributed by atoms with Gasteiger partial charge >= 0.3 is 11.8 Å². The van der Waals surface area contributed by atoms with Gasteiger partial charge in [-0.1, -0.05) is 0 Å². The van der Waals surface area contributed by atoms with E-state index in [4.69, 9.17) is 19.7 Å². The van der Waals surface area contributed by atoms with E-state index in [1.54, 1.807) is 0 Å². The smallest absolute Gasteiger partial charge is 0.315 e. The highest BCUT2D eigenvalue weighted by Gasteiger charge is 2.57. The minimum Gasteiger partial charge on any atom is -0.394 e. The molecule has 2 rings (SSSR count). The van der Waals surface area contributed by atoms with Gasteiger partial charge < -0.3 is 60.5 Å². The first-order valence-corrected chi connectivity index (χ1v) is 7.55. The van der Waals surface area contributed by atoms with Gasteiger partial charge in [0.1, 0.15) is 36.6 Å². The fraction of sp³-hybridized carbons (Fsp3) is 1.00. The molecule has 0 bridgehead atoms. The lowest BCUT2D eigenvalue weighted by Crippen LogP contribution is -2.66. The van der Waals surface area contributed by atoms with Crippen LogP contribution in [0.15, 0.2) is 10.2 Å². The first-order valence-electron chi connectivity index (χ1n) is 7.55. The summed E-state index contributed by atoms with van der Waals surface area (Å²) in [6.45, 7) is -1.77. The van der Waals surface area contributed by atoms with Crippen LogP contribution in [0.5, 0.6) is 0 Å². The number of hydrogen-bond acceptors (Lipinski definition) is 14. The number of hydrogen-bond donors (Lipinski definition) is 10. The second-order valence-corrected chi connectivity index (χ2v) is 6.05. The third-order valence-electron chi connectivity index (χ3n) is 4.23. The maximum absolute atomic E-state index is 10.2. The van der Waals surface area contributed by atoms with Gasteiger partial charge in [0.15, 0.2) is 12.2 Å². The Morgan fingerprint density at radius 2 is 0.923 bits per heavy atom. The third kappa shape index (κ3) is 3.59. The standard InChI is InChI=1S/C12H22N2O12/c15-1-3-5(17)7(19)9(21)11(23,25-3)13-14-12(24)10(22)8(20)6(18)4(2-16)26-12/h3-10,15-24H,1-2H2/t3-,4-,5-,6-,7+,8+,9-,10-,11?,12?/m1/s1. The summed E-state index contributed by atoms with van der Waals surface area (Å²) in [5.74, 6) is -6.14. The molecule has 152 valence electrons. The number of aliphatic hydroxyl groups excluding tert-OH is 8. The molecular weight excluding hydrogens is 364 g/mol. The topological polar surface area (TPSA) is 245 Å². The van der Waals surface area contributed by atoms with Gasteiger partial charge in [-0.15, -0.1) is 10.2 Å². The van der Waals surface area contributed by atoms with Crippen molar-refractivity contribution in [2.24, 2.45) is 10.2 Å². The first-order chi connectivity index (χ1) is 12.0. The van der Waals surface area contributed by atoms with Crippen molar-refractivity contribution in [2.45, 2.75) is 60.7 Å². The van der Waals surface area contributed by atoms with Gasteiger partial charge in [-0.3, -0.25) is 0 Å². The summed E-state index contributed by atoms with van der Waals surface area (Å²) in [4.78, 5) is 0. The Morgan fingerprint density at radius 3 is 1.19 bits per heavy atom. The molecule has 2 saturated heterocycles. The summed E-state index contributed by atoms with van der Waals surface area (Å²) in [6, 6.07) is 0. The van der Waals surface area contributed by atoms with Gasteiger partial charge in [-0.25, -0.2) is 0 Å². The maximum Gasteiger partial charge on any atom is 0.315 e. The predicted molar refractivity (Wildman–Crippen MR) is 74.7 cm³/mol. The Morgan fingerprint density at radius 1 is 0.615 bits per heavy atom. The molecule has 0 aromatic carbocycles. The van der Waals surface area contributed by atoms with Gasteiger partial charge in [0, 0.05) is 0 Å². The molecule has 0 spiro atoms. The highest BCUT2D eigenvalue weighted by Crippen LogP contribution is 2.33. The number of rotatable bonds is 4. The minimum atomic E-state index is -3.07. The molecule has 0 radical (unpaired) electrons. The molecule has 14 heteroatoms. The lowest BCUT2D eigenvalue weighted by Gasteiger charge is -2.44. The molecule has 2 heterocycles. The number of azo groups is 1. The van der Waals surface area contributed by atoms with Crippen LogP contribution in [-0.4, -0.2) is 125 Å². The SMILES string of the molecule is OC[C@H]1OC(O)(N=NC2(O)O[C@H](CO)[C@@H](O)[C@H](O)[C@H]2O)[C@H](O)[C@@H](O)[C@@H]1O. The van der Waals surface area contributed by atoms with E-state index >= 15 is 0 Å². The van der Waals surface area contributed by atoms with E-state index in [0.29, 0.717) is 0 Å². The van der Waals surface area contributed by atoms with Crippen LogP contribution in [0.1, 0.15) is 0 Å². The molecule has 2 fully saturated rings. The molecule has 0 aromatic heterocycles. The van der Waals surface area contributed by atoms with E-state index in [0.717, 1.165) is 0 Å². The largest absolute Gasteiger partial charge is 0.394 e. The van der Waals surface area contributed by atoms with Crippen LogP contribution in [0, 0.1) is 0 Å². The highest BCUT2D eigenvalue weighted by molar-refractivity contribution is 4.97. The highest BCUT2D eigenvalue weighted by atomic mass is 16.7. The fourth-order valence-electron chi connectivity index (χ4n) is 2.58. The molecule has 14 nitrogen and oxygen atoms in total. The lowest BCUT2D eigenvalue weighted by molar-refractivity contribution is -0.365. The third-order valence-corrected chi connectivity index (χ3v) is 4.23. The van der Waals surface area contributed by atoms with E-state index in [-0.39, 0.29) is 0 Å². The second kappa shape index (κ2) is 7.63. The van der Waals surface area contributed by atoms with Crippen molar-refractivity contribution in [1.29, 1.82) is 0 Å². The van der Waals surface area contributed by atoms with Gasteiger partial charge in [0.2, 0.25) is 0 Å². The first kappa shape index (κ1) is 21.4. The molecule has 0 aromatic rings. The molecule has 10 atom stereocenters. The zero-order chi connectivity index (χ0) is 19.9. The minimum absolute atomic E-state index is 0.885. The van der Waals surface area contributed by atoms with Crippen molar-refractivity contribution >= 4 is 0 Å². The van der Waals surface area contributed by atoms with Crippen LogP contribution < -0.4 is 0 Å². The molecule has 0 saturated carbocycles. The van der Waals surface area contributed by atoms with Crippen LogP contribution in [-0.2, 0) is 9.47 Å². The Hall–Kier alpha value is -0.880. The zero-order valence-electron chi connectivity index (χ0n) is 13.2.